The second-order valence-electron chi connectivity index (χ2n) is 6.64. The monoisotopic (exact) mass is 426 g/mol. The molecule has 0 aliphatic rings. The van der Waals surface area contributed by atoms with Gasteiger partial charge in [-0.3, -0.25) is 0 Å². The van der Waals surface area contributed by atoms with Gasteiger partial charge < -0.3 is 0 Å². The zero-order chi connectivity index (χ0) is 21.3. The molecular formula is C22H17F6P. The van der Waals surface area contributed by atoms with E-state index in [4.69, 9.17) is 0 Å². The maximum absolute atomic E-state index is 16.7. The van der Waals surface area contributed by atoms with E-state index in [0.717, 1.165) is 12.1 Å². The zero-order valence-corrected chi connectivity index (χ0v) is 16.2. The minimum atomic E-state index is -6.12. The van der Waals surface area contributed by atoms with Crippen molar-refractivity contribution in [1.82, 2.24) is 0 Å². The van der Waals surface area contributed by atoms with Gasteiger partial charge in [0.05, 0.1) is 5.16 Å². The zero-order valence-electron chi connectivity index (χ0n) is 15.0. The van der Waals surface area contributed by atoms with Crippen LogP contribution in [0.1, 0.15) is 16.7 Å². The standard InChI is InChI=1S/C22H17F6P/c23-20(18-14-8-3-9-15-18,21(24,25)22(26,27)28)19(29,16-10-4-1-5-11-16)17-12-6-2-7-13-17/h1-15H,29H2. The molecular weight excluding hydrogens is 409 g/mol. The number of hydrogen-bond donors (Lipinski definition) is 0. The molecule has 3 aromatic carbocycles. The van der Waals surface area contributed by atoms with E-state index in [0.29, 0.717) is 0 Å². The van der Waals surface area contributed by atoms with Crippen LogP contribution in [0.2, 0.25) is 0 Å². The number of halogens is 6. The van der Waals surface area contributed by atoms with Crippen molar-refractivity contribution in [2.75, 3.05) is 0 Å². The summed E-state index contributed by atoms with van der Waals surface area (Å²) in [7, 11) is 1.95. The Morgan fingerprint density at radius 3 is 1.10 bits per heavy atom. The molecule has 0 nitrogen and oxygen atoms in total. The highest BCUT2D eigenvalue weighted by molar-refractivity contribution is 7.19. The third-order valence-electron chi connectivity index (χ3n) is 4.96. The van der Waals surface area contributed by atoms with Crippen LogP contribution in [-0.2, 0) is 10.8 Å². The van der Waals surface area contributed by atoms with Crippen molar-refractivity contribution >= 4 is 9.24 Å². The first-order valence-electron chi connectivity index (χ1n) is 8.65. The van der Waals surface area contributed by atoms with E-state index in [-0.39, 0.29) is 11.1 Å². The number of benzene rings is 3. The maximum atomic E-state index is 16.7. The van der Waals surface area contributed by atoms with Crippen molar-refractivity contribution in [3.05, 3.63) is 108 Å². The molecule has 0 saturated heterocycles. The summed E-state index contributed by atoms with van der Waals surface area (Å²) in [5.74, 6) is -5.70. The molecule has 152 valence electrons. The van der Waals surface area contributed by atoms with E-state index >= 15 is 13.2 Å². The van der Waals surface area contributed by atoms with Gasteiger partial charge in [-0.05, 0) is 16.7 Å². The lowest BCUT2D eigenvalue weighted by atomic mass is 9.70. The van der Waals surface area contributed by atoms with E-state index in [1.54, 1.807) is 12.1 Å². The van der Waals surface area contributed by atoms with Crippen LogP contribution < -0.4 is 0 Å². The number of alkyl halides is 6. The summed E-state index contributed by atoms with van der Waals surface area (Å²) in [4.78, 5) is 0. The molecule has 0 aromatic heterocycles. The molecule has 0 amide bonds. The molecule has 0 bridgehead atoms. The first-order chi connectivity index (χ1) is 13.6. The van der Waals surface area contributed by atoms with Crippen molar-refractivity contribution < 1.29 is 26.3 Å². The van der Waals surface area contributed by atoms with Gasteiger partial charge in [0.25, 0.3) is 0 Å². The first-order valence-corrected chi connectivity index (χ1v) is 9.23. The van der Waals surface area contributed by atoms with E-state index < -0.39 is 28.5 Å². The van der Waals surface area contributed by atoms with Gasteiger partial charge in [-0.25, -0.2) is 4.39 Å². The van der Waals surface area contributed by atoms with Gasteiger partial charge in [-0.2, -0.15) is 22.0 Å². The predicted molar refractivity (Wildman–Crippen MR) is 104 cm³/mol. The summed E-state index contributed by atoms with van der Waals surface area (Å²) < 4.78 is 87.5. The van der Waals surface area contributed by atoms with Crippen LogP contribution in [0.15, 0.2) is 91.0 Å². The van der Waals surface area contributed by atoms with Crippen LogP contribution in [-0.4, -0.2) is 12.1 Å². The quantitative estimate of drug-likeness (QED) is 0.309. The van der Waals surface area contributed by atoms with Crippen molar-refractivity contribution in [1.29, 1.82) is 0 Å². The van der Waals surface area contributed by atoms with Crippen molar-refractivity contribution in [3.63, 3.8) is 0 Å². The Bertz CT molecular complexity index is 902. The van der Waals surface area contributed by atoms with Crippen LogP contribution in [0, 0.1) is 0 Å². The molecule has 2 atom stereocenters. The minimum Gasteiger partial charge on any atom is -0.230 e. The van der Waals surface area contributed by atoms with E-state index in [9.17, 15) is 13.2 Å². The molecule has 2 unspecified atom stereocenters. The minimum absolute atomic E-state index is 0.0357. The molecule has 7 heteroatoms. The van der Waals surface area contributed by atoms with Crippen molar-refractivity contribution in [2.24, 2.45) is 0 Å². The highest BCUT2D eigenvalue weighted by atomic mass is 31.0. The summed E-state index contributed by atoms with van der Waals surface area (Å²) in [5, 5.41) is -2.43. The largest absolute Gasteiger partial charge is 0.457 e. The van der Waals surface area contributed by atoms with Crippen molar-refractivity contribution in [2.45, 2.75) is 22.9 Å². The first kappa shape index (κ1) is 21.4. The Labute approximate surface area is 166 Å². The van der Waals surface area contributed by atoms with Gasteiger partial charge in [0.1, 0.15) is 0 Å². The van der Waals surface area contributed by atoms with Gasteiger partial charge in [-0.15, -0.1) is 9.24 Å². The Morgan fingerprint density at radius 2 is 0.793 bits per heavy atom. The van der Waals surface area contributed by atoms with Gasteiger partial charge >= 0.3 is 12.1 Å². The van der Waals surface area contributed by atoms with E-state index in [1.165, 1.54) is 66.7 Å². The molecule has 29 heavy (non-hydrogen) atoms. The van der Waals surface area contributed by atoms with Gasteiger partial charge in [0.15, 0.2) is 0 Å². The molecule has 0 spiro atoms. The van der Waals surface area contributed by atoms with E-state index in [2.05, 4.69) is 0 Å². The van der Waals surface area contributed by atoms with Crippen molar-refractivity contribution in [3.8, 4) is 0 Å². The lowest BCUT2D eigenvalue weighted by molar-refractivity contribution is -0.336. The third kappa shape index (κ3) is 3.24. The normalized spacial score (nSPS) is 15.0. The summed E-state index contributed by atoms with van der Waals surface area (Å²) >= 11 is 0. The molecule has 3 rings (SSSR count). The molecule has 0 aliphatic carbocycles. The van der Waals surface area contributed by atoms with Gasteiger partial charge in [0.2, 0.25) is 5.67 Å². The highest BCUT2D eigenvalue weighted by Crippen LogP contribution is 2.64. The Kier molecular flexibility index (Phi) is 5.52. The summed E-state index contributed by atoms with van der Waals surface area (Å²) in [6.45, 7) is 0. The van der Waals surface area contributed by atoms with Gasteiger partial charge in [-0.1, -0.05) is 91.0 Å². The average Bonchev–Trinajstić information content (AvgIpc) is 2.73. The molecule has 0 radical (unpaired) electrons. The topological polar surface area (TPSA) is 0 Å². The second kappa shape index (κ2) is 7.49. The SMILES string of the molecule is FC(F)(F)C(F)(F)C(F)(c1ccccc1)C(P)(c1ccccc1)c1ccccc1. The fraction of sp³-hybridized carbons (Fsp3) is 0.182. The molecule has 0 saturated carbocycles. The van der Waals surface area contributed by atoms with Crippen LogP contribution in [0.5, 0.6) is 0 Å². The predicted octanol–water partition coefficient (Wildman–Crippen LogP) is 6.87. The highest BCUT2D eigenvalue weighted by Gasteiger charge is 2.78. The summed E-state index contributed by atoms with van der Waals surface area (Å²) in [6.07, 6.45) is -6.12. The lowest BCUT2D eigenvalue weighted by Crippen LogP contribution is -2.61. The summed E-state index contributed by atoms with van der Waals surface area (Å²) in [6, 6.07) is 20.1. The fourth-order valence-corrected chi connectivity index (χ4v) is 4.22. The fourth-order valence-electron chi connectivity index (χ4n) is 3.49. The van der Waals surface area contributed by atoms with Crippen LogP contribution in [0.3, 0.4) is 0 Å². The lowest BCUT2D eigenvalue weighted by Gasteiger charge is -2.48. The Balaban J connectivity index is 2.46. The smallest absolute Gasteiger partial charge is 0.230 e. The molecule has 0 N–H and O–H groups in total. The van der Waals surface area contributed by atoms with Crippen LogP contribution in [0.25, 0.3) is 0 Å². The molecule has 3 aromatic rings. The van der Waals surface area contributed by atoms with Crippen LogP contribution in [0.4, 0.5) is 26.3 Å². The van der Waals surface area contributed by atoms with Crippen LogP contribution >= 0.6 is 9.24 Å². The average molecular weight is 426 g/mol. The number of hydrogen-bond acceptors (Lipinski definition) is 0. The third-order valence-corrected chi connectivity index (χ3v) is 6.03. The van der Waals surface area contributed by atoms with Gasteiger partial charge in [0, 0.05) is 0 Å². The summed E-state index contributed by atoms with van der Waals surface area (Å²) in [5.41, 5.74) is -5.00. The number of rotatable bonds is 5. The molecule has 0 fully saturated rings. The molecule has 0 aliphatic heterocycles. The Morgan fingerprint density at radius 1 is 0.483 bits per heavy atom. The van der Waals surface area contributed by atoms with E-state index in [1.807, 2.05) is 9.24 Å². The Hall–Kier alpha value is -2.33. The second-order valence-corrected chi connectivity index (χ2v) is 7.50. The molecule has 0 heterocycles. The maximum Gasteiger partial charge on any atom is 0.457 e.